The number of hydrogen-bond acceptors (Lipinski definition) is 10. The monoisotopic (exact) mass is 539 g/mol. The predicted octanol–water partition coefficient (Wildman–Crippen LogP) is 1.84. The van der Waals surface area contributed by atoms with Crippen LogP contribution in [0.1, 0.15) is 40.2 Å². The van der Waals surface area contributed by atoms with Crippen LogP contribution in [-0.4, -0.2) is 58.4 Å². The van der Waals surface area contributed by atoms with E-state index >= 15 is 0 Å². The van der Waals surface area contributed by atoms with Gasteiger partial charge in [-0.25, -0.2) is 24.7 Å². The van der Waals surface area contributed by atoms with Crippen LogP contribution in [0.2, 0.25) is 0 Å². The van der Waals surface area contributed by atoms with Gasteiger partial charge >= 0.3 is 5.69 Å². The van der Waals surface area contributed by atoms with E-state index in [4.69, 9.17) is 0 Å². The fourth-order valence-electron chi connectivity index (χ4n) is 3.93. The summed E-state index contributed by atoms with van der Waals surface area (Å²) in [4.78, 5) is 70.4. The van der Waals surface area contributed by atoms with Gasteiger partial charge in [-0.05, 0) is 20.8 Å². The van der Waals surface area contributed by atoms with Crippen molar-refractivity contribution in [3.8, 4) is 10.6 Å². The molecule has 0 fully saturated rings. The summed E-state index contributed by atoms with van der Waals surface area (Å²) in [5.41, 5.74) is -0.405. The molecule has 0 aromatic carbocycles. The first-order valence-corrected chi connectivity index (χ1v) is 13.1. The van der Waals surface area contributed by atoms with Crippen LogP contribution in [-0.2, 0) is 23.2 Å². The molecule has 0 unspecified atom stereocenters. The molecule has 0 spiro atoms. The molecule has 200 valence electrons. The van der Waals surface area contributed by atoms with Crippen LogP contribution in [0.4, 0.5) is 11.8 Å². The number of carbonyl (C=O) groups is 2. The lowest BCUT2D eigenvalue weighted by Gasteiger charge is -2.17. The van der Waals surface area contributed by atoms with Crippen molar-refractivity contribution in [3.63, 3.8) is 0 Å². The standard InChI is InChI=1S/C24H29N9O4S/c1-6-16(34)11-32-22(36)18-19(30(5)24(32)37)27-13-33(18)14(4)20(35)28-17-12-38-21(29-17)15-9-25-23(26-10-15)31(7-2)8-3/h9-10,12-14H,6-8,11H2,1-5H3,(H,28,35)/t14-/m0/s1. The van der Waals surface area contributed by atoms with Gasteiger partial charge in [0.2, 0.25) is 11.9 Å². The minimum atomic E-state index is -0.859. The van der Waals surface area contributed by atoms with E-state index < -0.39 is 23.2 Å². The highest BCUT2D eigenvalue weighted by atomic mass is 32.1. The molecular weight excluding hydrogens is 510 g/mol. The molecule has 4 aromatic heterocycles. The Labute approximate surface area is 221 Å². The molecule has 4 aromatic rings. The van der Waals surface area contributed by atoms with Gasteiger partial charge < -0.3 is 14.8 Å². The second kappa shape index (κ2) is 11.0. The molecule has 4 heterocycles. The highest BCUT2D eigenvalue weighted by molar-refractivity contribution is 7.13. The number of amides is 1. The van der Waals surface area contributed by atoms with Crippen molar-refractivity contribution in [2.75, 3.05) is 23.3 Å². The number of aryl methyl sites for hydroxylation is 1. The van der Waals surface area contributed by atoms with Gasteiger partial charge in [0.1, 0.15) is 16.9 Å². The third kappa shape index (κ3) is 4.98. The molecule has 0 radical (unpaired) electrons. The van der Waals surface area contributed by atoms with E-state index in [1.54, 1.807) is 31.6 Å². The van der Waals surface area contributed by atoms with Gasteiger partial charge in [0.05, 0.1) is 12.9 Å². The highest BCUT2D eigenvalue weighted by Crippen LogP contribution is 2.26. The summed E-state index contributed by atoms with van der Waals surface area (Å²) < 4.78 is 3.46. The molecule has 13 nitrogen and oxygen atoms in total. The van der Waals surface area contributed by atoms with Gasteiger partial charge in [-0.15, -0.1) is 11.3 Å². The van der Waals surface area contributed by atoms with Crippen LogP contribution < -0.4 is 21.5 Å². The van der Waals surface area contributed by atoms with Crippen LogP contribution in [0.15, 0.2) is 33.7 Å². The van der Waals surface area contributed by atoms with Crippen molar-refractivity contribution in [1.29, 1.82) is 0 Å². The van der Waals surface area contributed by atoms with Crippen LogP contribution in [0.25, 0.3) is 21.7 Å². The second-order valence-electron chi connectivity index (χ2n) is 8.60. The molecule has 14 heteroatoms. The van der Waals surface area contributed by atoms with E-state index in [0.29, 0.717) is 16.8 Å². The number of Topliss-reactive ketones (excluding diaryl/α,β-unsaturated/α-hetero) is 1. The average Bonchev–Trinajstić information content (AvgIpc) is 3.58. The van der Waals surface area contributed by atoms with E-state index in [1.165, 1.54) is 33.8 Å². The molecule has 4 rings (SSSR count). The Hall–Kier alpha value is -4.20. The van der Waals surface area contributed by atoms with Crippen LogP contribution in [0, 0.1) is 0 Å². The zero-order valence-corrected chi connectivity index (χ0v) is 22.7. The van der Waals surface area contributed by atoms with Crippen LogP contribution in [0.3, 0.4) is 0 Å². The number of fused-ring (bicyclic) bond motifs is 1. The molecule has 1 amide bonds. The summed E-state index contributed by atoms with van der Waals surface area (Å²) in [6, 6.07) is -0.859. The molecule has 0 aliphatic rings. The number of thiazole rings is 1. The summed E-state index contributed by atoms with van der Waals surface area (Å²) >= 11 is 1.34. The Balaban J connectivity index is 1.57. The number of rotatable bonds is 10. The van der Waals surface area contributed by atoms with Gasteiger partial charge in [0.15, 0.2) is 16.9 Å². The lowest BCUT2D eigenvalue weighted by molar-refractivity contribution is -0.120. The van der Waals surface area contributed by atoms with Crippen molar-refractivity contribution in [2.24, 2.45) is 7.05 Å². The summed E-state index contributed by atoms with van der Waals surface area (Å²) in [6.07, 6.45) is 4.92. The highest BCUT2D eigenvalue weighted by Gasteiger charge is 2.24. The number of hydrogen-bond donors (Lipinski definition) is 1. The van der Waals surface area contributed by atoms with E-state index in [0.717, 1.165) is 23.2 Å². The lowest BCUT2D eigenvalue weighted by atomic mass is 10.3. The second-order valence-corrected chi connectivity index (χ2v) is 9.45. The lowest BCUT2D eigenvalue weighted by Crippen LogP contribution is -2.41. The van der Waals surface area contributed by atoms with E-state index in [1.807, 2.05) is 18.7 Å². The molecule has 1 N–H and O–H groups in total. The number of ketones is 1. The third-order valence-electron chi connectivity index (χ3n) is 6.27. The summed E-state index contributed by atoms with van der Waals surface area (Å²) in [5, 5.41) is 5.12. The van der Waals surface area contributed by atoms with E-state index in [2.05, 4.69) is 25.3 Å². The Bertz CT molecular complexity index is 1600. The van der Waals surface area contributed by atoms with Crippen LogP contribution in [0.5, 0.6) is 0 Å². The minimum Gasteiger partial charge on any atom is -0.341 e. The first kappa shape index (κ1) is 26.9. The summed E-state index contributed by atoms with van der Waals surface area (Å²) in [5.74, 6) is 0.296. The fourth-order valence-corrected chi connectivity index (χ4v) is 4.66. The Morgan fingerprint density at radius 1 is 1.11 bits per heavy atom. The van der Waals surface area contributed by atoms with Crippen molar-refractivity contribution < 1.29 is 9.59 Å². The first-order chi connectivity index (χ1) is 18.2. The van der Waals surface area contributed by atoms with Crippen LogP contribution >= 0.6 is 11.3 Å². The van der Waals surface area contributed by atoms with Gasteiger partial charge in [-0.2, -0.15) is 0 Å². The fraction of sp³-hybridized carbons (Fsp3) is 0.417. The molecular formula is C24H29N9O4S. The number of imidazole rings is 1. The maximum atomic E-state index is 13.2. The molecule has 38 heavy (non-hydrogen) atoms. The van der Waals surface area contributed by atoms with Crippen molar-refractivity contribution >= 4 is 46.0 Å². The maximum Gasteiger partial charge on any atom is 0.332 e. The Morgan fingerprint density at radius 2 is 1.79 bits per heavy atom. The number of nitrogens with zero attached hydrogens (tertiary/aromatic N) is 8. The topological polar surface area (TPSA) is 150 Å². The van der Waals surface area contributed by atoms with E-state index in [-0.39, 0.29) is 29.9 Å². The smallest absolute Gasteiger partial charge is 0.332 e. The zero-order valence-electron chi connectivity index (χ0n) is 21.8. The quantitative estimate of drug-likeness (QED) is 0.318. The number of nitrogens with one attached hydrogen (secondary N) is 1. The summed E-state index contributed by atoms with van der Waals surface area (Å²) in [6.45, 7) is 8.59. The van der Waals surface area contributed by atoms with Gasteiger partial charge in [-0.1, -0.05) is 6.92 Å². The molecule has 0 saturated heterocycles. The van der Waals surface area contributed by atoms with Gasteiger partial charge in [-0.3, -0.25) is 23.5 Å². The number of anilines is 2. The molecule has 0 aliphatic carbocycles. The Morgan fingerprint density at radius 3 is 2.42 bits per heavy atom. The van der Waals surface area contributed by atoms with Gasteiger partial charge in [0.25, 0.3) is 5.56 Å². The van der Waals surface area contributed by atoms with Crippen molar-refractivity contribution in [2.45, 2.75) is 46.7 Å². The first-order valence-electron chi connectivity index (χ1n) is 12.2. The normalized spacial score (nSPS) is 12.0. The largest absolute Gasteiger partial charge is 0.341 e. The van der Waals surface area contributed by atoms with Crippen molar-refractivity contribution in [3.05, 3.63) is 44.9 Å². The molecule has 1 atom stereocenters. The molecule has 0 bridgehead atoms. The Kier molecular flexibility index (Phi) is 7.80. The minimum absolute atomic E-state index is 0.0584. The third-order valence-corrected chi connectivity index (χ3v) is 7.16. The number of aromatic nitrogens is 7. The maximum absolute atomic E-state index is 13.2. The van der Waals surface area contributed by atoms with E-state index in [9.17, 15) is 19.2 Å². The molecule has 0 aliphatic heterocycles. The predicted molar refractivity (Wildman–Crippen MR) is 145 cm³/mol. The van der Waals surface area contributed by atoms with Crippen molar-refractivity contribution in [1.82, 2.24) is 33.6 Å². The molecule has 0 saturated carbocycles. The zero-order chi connectivity index (χ0) is 27.6. The van der Waals surface area contributed by atoms with Gasteiger partial charge in [0, 0.05) is 49.9 Å². The average molecular weight is 540 g/mol. The number of carbonyl (C=O) groups excluding carboxylic acids is 2. The SMILES string of the molecule is CCC(=O)Cn1c(=O)c2c(ncn2[C@@H](C)C(=O)Nc2csc(-c3cnc(N(CC)CC)nc3)n2)n(C)c1=O. The summed E-state index contributed by atoms with van der Waals surface area (Å²) in [7, 11) is 1.47.